The van der Waals surface area contributed by atoms with Crippen LogP contribution in [-0.4, -0.2) is 56.2 Å². The summed E-state index contributed by atoms with van der Waals surface area (Å²) in [5.41, 5.74) is 3.42. The van der Waals surface area contributed by atoms with Crippen LogP contribution in [0.2, 0.25) is 10.0 Å². The van der Waals surface area contributed by atoms with Crippen LogP contribution >= 0.6 is 23.2 Å². The highest BCUT2D eigenvalue weighted by Gasteiger charge is 2.28. The number of halogens is 2. The summed E-state index contributed by atoms with van der Waals surface area (Å²) in [7, 11) is 1.87. The summed E-state index contributed by atoms with van der Waals surface area (Å²) in [4.78, 5) is 24.3. The van der Waals surface area contributed by atoms with Gasteiger partial charge in [-0.2, -0.15) is 5.10 Å². The first-order valence-electron chi connectivity index (χ1n) is 11.5. The SMILES string of the molecule is C[C@@H](Nc1nc(C2=CCN(C(=O)[C@H]3CCCN3)CC2)nc2cn(C)nc12)c1ccc(Cl)cc1Cl. The van der Waals surface area contributed by atoms with Crippen LogP contribution < -0.4 is 10.6 Å². The number of hydrogen-bond donors (Lipinski definition) is 2. The number of amides is 1. The molecular formula is C24H27Cl2N7O. The number of hydrogen-bond acceptors (Lipinski definition) is 6. The average molecular weight is 500 g/mol. The van der Waals surface area contributed by atoms with Crippen molar-refractivity contribution in [2.75, 3.05) is 25.0 Å². The van der Waals surface area contributed by atoms with Crippen molar-refractivity contribution in [1.29, 1.82) is 0 Å². The number of aromatic nitrogens is 4. The molecule has 0 unspecified atom stereocenters. The lowest BCUT2D eigenvalue weighted by molar-refractivity contribution is -0.132. The molecule has 2 aliphatic rings. The molecule has 2 aliphatic heterocycles. The van der Waals surface area contributed by atoms with Gasteiger partial charge in [-0.1, -0.05) is 35.3 Å². The summed E-state index contributed by atoms with van der Waals surface area (Å²) in [6.07, 6.45) is 6.63. The Kier molecular flexibility index (Phi) is 6.46. The molecule has 1 amide bonds. The van der Waals surface area contributed by atoms with Gasteiger partial charge in [0.25, 0.3) is 0 Å². The molecule has 0 bridgehead atoms. The second-order valence-electron chi connectivity index (χ2n) is 8.88. The predicted molar refractivity (Wildman–Crippen MR) is 135 cm³/mol. The summed E-state index contributed by atoms with van der Waals surface area (Å²) in [6.45, 7) is 4.17. The van der Waals surface area contributed by atoms with Crippen molar-refractivity contribution in [2.24, 2.45) is 7.05 Å². The van der Waals surface area contributed by atoms with Gasteiger partial charge in [0, 0.05) is 30.2 Å². The predicted octanol–water partition coefficient (Wildman–Crippen LogP) is 4.21. The minimum absolute atomic E-state index is 0.0464. The van der Waals surface area contributed by atoms with Crippen molar-refractivity contribution in [1.82, 2.24) is 30.0 Å². The van der Waals surface area contributed by atoms with Crippen molar-refractivity contribution in [3.8, 4) is 0 Å². The Morgan fingerprint density at radius 3 is 2.85 bits per heavy atom. The Labute approximate surface area is 208 Å². The first-order chi connectivity index (χ1) is 16.4. The minimum atomic E-state index is -0.120. The average Bonchev–Trinajstić information content (AvgIpc) is 3.48. The zero-order valence-electron chi connectivity index (χ0n) is 19.2. The normalized spacial score (nSPS) is 19.4. The molecule has 5 rings (SSSR count). The molecular weight excluding hydrogens is 473 g/mol. The van der Waals surface area contributed by atoms with Gasteiger partial charge in [0.05, 0.1) is 18.3 Å². The van der Waals surface area contributed by atoms with E-state index in [1.165, 1.54) is 0 Å². The topological polar surface area (TPSA) is 88.0 Å². The minimum Gasteiger partial charge on any atom is -0.362 e. The van der Waals surface area contributed by atoms with Crippen LogP contribution in [0.25, 0.3) is 16.6 Å². The lowest BCUT2D eigenvalue weighted by atomic mass is 10.1. The molecule has 1 fully saturated rings. The Balaban J connectivity index is 1.41. The van der Waals surface area contributed by atoms with E-state index in [0.717, 1.165) is 36.0 Å². The Morgan fingerprint density at radius 1 is 1.29 bits per heavy atom. The highest BCUT2D eigenvalue weighted by molar-refractivity contribution is 6.35. The number of aryl methyl sites for hydroxylation is 1. The maximum Gasteiger partial charge on any atom is 0.239 e. The van der Waals surface area contributed by atoms with Gasteiger partial charge in [0.1, 0.15) is 5.52 Å². The van der Waals surface area contributed by atoms with Crippen LogP contribution in [0, 0.1) is 0 Å². The van der Waals surface area contributed by atoms with Crippen molar-refractivity contribution >= 4 is 51.5 Å². The fourth-order valence-electron chi connectivity index (χ4n) is 4.59. The quantitative estimate of drug-likeness (QED) is 0.546. The molecule has 1 aromatic carbocycles. The van der Waals surface area contributed by atoms with E-state index in [1.54, 1.807) is 10.7 Å². The van der Waals surface area contributed by atoms with E-state index in [0.29, 0.717) is 46.7 Å². The van der Waals surface area contributed by atoms with Gasteiger partial charge < -0.3 is 15.5 Å². The monoisotopic (exact) mass is 499 g/mol. The van der Waals surface area contributed by atoms with E-state index in [1.807, 2.05) is 37.2 Å². The highest BCUT2D eigenvalue weighted by atomic mass is 35.5. The van der Waals surface area contributed by atoms with E-state index < -0.39 is 0 Å². The summed E-state index contributed by atoms with van der Waals surface area (Å²) in [5, 5.41) is 12.5. The number of nitrogens with zero attached hydrogens (tertiary/aromatic N) is 5. The van der Waals surface area contributed by atoms with Crippen LogP contribution in [0.15, 0.2) is 30.5 Å². The molecule has 1 saturated heterocycles. The van der Waals surface area contributed by atoms with Gasteiger partial charge >= 0.3 is 0 Å². The molecule has 10 heteroatoms. The van der Waals surface area contributed by atoms with Crippen LogP contribution in [0.1, 0.15) is 43.6 Å². The van der Waals surface area contributed by atoms with Gasteiger partial charge in [0.15, 0.2) is 17.2 Å². The van der Waals surface area contributed by atoms with Gasteiger partial charge in [0.2, 0.25) is 5.91 Å². The molecule has 34 heavy (non-hydrogen) atoms. The smallest absolute Gasteiger partial charge is 0.239 e. The third-order valence-corrected chi connectivity index (χ3v) is 6.99. The number of benzene rings is 1. The molecule has 4 heterocycles. The lowest BCUT2D eigenvalue weighted by Gasteiger charge is -2.28. The summed E-state index contributed by atoms with van der Waals surface area (Å²) < 4.78 is 1.73. The van der Waals surface area contributed by atoms with E-state index in [4.69, 9.17) is 33.2 Å². The number of carbonyl (C=O) groups excluding carboxylic acids is 1. The molecule has 2 atom stereocenters. The van der Waals surface area contributed by atoms with Crippen molar-refractivity contribution in [3.63, 3.8) is 0 Å². The van der Waals surface area contributed by atoms with Crippen LogP contribution in [0.4, 0.5) is 5.82 Å². The van der Waals surface area contributed by atoms with Gasteiger partial charge in [-0.3, -0.25) is 9.48 Å². The van der Waals surface area contributed by atoms with Crippen LogP contribution in [0.3, 0.4) is 0 Å². The van der Waals surface area contributed by atoms with Crippen molar-refractivity contribution in [3.05, 3.63) is 51.9 Å². The lowest BCUT2D eigenvalue weighted by Crippen LogP contribution is -2.45. The molecule has 0 spiro atoms. The third kappa shape index (κ3) is 4.62. The molecule has 2 N–H and O–H groups in total. The molecule has 8 nitrogen and oxygen atoms in total. The Bertz CT molecular complexity index is 1270. The van der Waals surface area contributed by atoms with Crippen LogP contribution in [0.5, 0.6) is 0 Å². The van der Waals surface area contributed by atoms with Gasteiger partial charge in [-0.15, -0.1) is 0 Å². The number of fused-ring (bicyclic) bond motifs is 1. The largest absolute Gasteiger partial charge is 0.362 e. The standard InChI is InChI=1S/C24H27Cl2N7O/c1-14(17-6-5-16(25)12-18(17)26)28-23-21-20(13-32(2)31-21)29-22(30-23)15-7-10-33(11-8-15)24(34)19-4-3-9-27-19/h5-7,12-14,19,27H,3-4,8-11H2,1-2H3,(H,28,29,30)/t14-,19-/m1/s1. The number of anilines is 1. The van der Waals surface area contributed by atoms with Crippen LogP contribution in [-0.2, 0) is 11.8 Å². The number of carbonyl (C=O) groups is 1. The third-order valence-electron chi connectivity index (χ3n) is 6.43. The van der Waals surface area contributed by atoms with E-state index in [2.05, 4.69) is 21.8 Å². The van der Waals surface area contributed by atoms with Gasteiger partial charge in [-0.25, -0.2) is 9.97 Å². The Morgan fingerprint density at radius 2 is 2.15 bits per heavy atom. The van der Waals surface area contributed by atoms with E-state index in [-0.39, 0.29) is 18.0 Å². The summed E-state index contributed by atoms with van der Waals surface area (Å²) >= 11 is 12.5. The van der Waals surface area contributed by atoms with E-state index in [9.17, 15) is 4.79 Å². The van der Waals surface area contributed by atoms with Crippen molar-refractivity contribution in [2.45, 2.75) is 38.3 Å². The molecule has 0 aliphatic carbocycles. The zero-order valence-corrected chi connectivity index (χ0v) is 20.7. The first kappa shape index (κ1) is 23.1. The first-order valence-corrected chi connectivity index (χ1v) is 12.3. The van der Waals surface area contributed by atoms with Gasteiger partial charge in [-0.05, 0) is 56.0 Å². The fraction of sp³-hybridized carbons (Fsp3) is 0.417. The molecule has 0 saturated carbocycles. The second-order valence-corrected chi connectivity index (χ2v) is 9.72. The maximum atomic E-state index is 12.7. The maximum absolute atomic E-state index is 12.7. The van der Waals surface area contributed by atoms with E-state index >= 15 is 0 Å². The highest BCUT2D eigenvalue weighted by Crippen LogP contribution is 2.31. The molecule has 178 valence electrons. The van der Waals surface area contributed by atoms with Crippen molar-refractivity contribution < 1.29 is 4.79 Å². The Hall–Kier alpha value is -2.68. The molecule has 3 aromatic rings. The number of nitrogens with one attached hydrogen (secondary N) is 2. The molecule has 0 radical (unpaired) electrons. The number of rotatable bonds is 5. The summed E-state index contributed by atoms with van der Waals surface area (Å²) in [6, 6.07) is 5.30. The fourth-order valence-corrected chi connectivity index (χ4v) is 5.16. The zero-order chi connectivity index (χ0) is 23.8. The summed E-state index contributed by atoms with van der Waals surface area (Å²) in [5.74, 6) is 1.49. The molecule has 2 aromatic heterocycles. The second kappa shape index (κ2) is 9.52.